The summed E-state index contributed by atoms with van der Waals surface area (Å²) < 4.78 is 26.2. The number of hydrogen-bond acceptors (Lipinski definition) is 2. The molecule has 1 saturated carbocycles. The number of alkyl halides is 1. The van der Waals surface area contributed by atoms with Crippen molar-refractivity contribution in [3.05, 3.63) is 11.5 Å². The predicted molar refractivity (Wildman–Crippen MR) is 41.4 cm³/mol. The van der Waals surface area contributed by atoms with Gasteiger partial charge >= 0.3 is 0 Å². The molecule has 0 spiro atoms. The maximum Gasteiger partial charge on any atom is 0.157 e. The van der Waals surface area contributed by atoms with Gasteiger partial charge in [-0.25, -0.2) is 8.78 Å². The molecule has 0 bridgehead atoms. The van der Waals surface area contributed by atoms with Crippen LogP contribution < -0.4 is 11.5 Å². The zero-order valence-corrected chi connectivity index (χ0v) is 6.63. The minimum atomic E-state index is -1.56. The number of rotatable bonds is 1. The highest BCUT2D eigenvalue weighted by Gasteiger charge is 2.53. The van der Waals surface area contributed by atoms with Gasteiger partial charge in [-0.3, -0.25) is 0 Å². The lowest BCUT2D eigenvalue weighted by Gasteiger charge is -2.23. The Morgan fingerprint density at radius 1 is 1.50 bits per heavy atom. The molecule has 4 atom stereocenters. The lowest BCUT2D eigenvalue weighted by Crippen LogP contribution is -2.32. The molecule has 1 fully saturated rings. The van der Waals surface area contributed by atoms with Crippen molar-refractivity contribution in [3.63, 3.8) is 0 Å². The fourth-order valence-corrected chi connectivity index (χ4v) is 2.08. The fourth-order valence-electron chi connectivity index (χ4n) is 2.08. The Balaban J connectivity index is 2.27. The van der Waals surface area contributed by atoms with Crippen molar-refractivity contribution in [3.8, 4) is 0 Å². The average molecular weight is 174 g/mol. The summed E-state index contributed by atoms with van der Waals surface area (Å²) in [5.41, 5.74) is 10.9. The molecular weight excluding hydrogens is 162 g/mol. The summed E-state index contributed by atoms with van der Waals surface area (Å²) in [7, 11) is 0. The maximum atomic E-state index is 13.2. The molecule has 2 aliphatic carbocycles. The summed E-state index contributed by atoms with van der Waals surface area (Å²) in [6, 6.07) is 0. The van der Waals surface area contributed by atoms with E-state index >= 15 is 0 Å². The highest BCUT2D eigenvalue weighted by Crippen LogP contribution is 2.54. The molecule has 2 unspecified atom stereocenters. The number of halogens is 2. The molecule has 2 aliphatic rings. The molecular formula is C8H12F2N2. The molecule has 0 aromatic carbocycles. The van der Waals surface area contributed by atoms with Gasteiger partial charge in [0.15, 0.2) is 12.0 Å². The quantitative estimate of drug-likeness (QED) is 0.614. The van der Waals surface area contributed by atoms with Gasteiger partial charge < -0.3 is 11.5 Å². The monoisotopic (exact) mass is 174 g/mol. The topological polar surface area (TPSA) is 52.0 Å². The molecule has 0 aromatic rings. The molecule has 2 rings (SSSR count). The number of hydrogen-bond donors (Lipinski definition) is 2. The first-order chi connectivity index (χ1) is 5.66. The van der Waals surface area contributed by atoms with Crippen LogP contribution in [0.15, 0.2) is 11.5 Å². The van der Waals surface area contributed by atoms with Crippen LogP contribution in [0.1, 0.15) is 6.42 Å². The second-order valence-corrected chi connectivity index (χ2v) is 3.61. The van der Waals surface area contributed by atoms with E-state index in [4.69, 9.17) is 11.5 Å². The minimum Gasteiger partial charge on any atom is -0.400 e. The van der Waals surface area contributed by atoms with Crippen LogP contribution in [0.4, 0.5) is 8.78 Å². The molecule has 0 amide bonds. The minimum absolute atomic E-state index is 0.0746. The van der Waals surface area contributed by atoms with Crippen molar-refractivity contribution in [1.82, 2.24) is 0 Å². The normalized spacial score (nSPS) is 45.9. The summed E-state index contributed by atoms with van der Waals surface area (Å²) >= 11 is 0. The third-order valence-corrected chi connectivity index (χ3v) is 2.96. The van der Waals surface area contributed by atoms with E-state index in [1.54, 1.807) is 0 Å². The van der Waals surface area contributed by atoms with E-state index in [0.29, 0.717) is 0 Å². The van der Waals surface area contributed by atoms with Crippen LogP contribution >= 0.6 is 0 Å². The fraction of sp³-hybridized carbons (Fsp3) is 0.750. The highest BCUT2D eigenvalue weighted by molar-refractivity contribution is 5.26. The third kappa shape index (κ3) is 0.874. The summed E-state index contributed by atoms with van der Waals surface area (Å²) in [6.07, 6.45) is -0.750. The zero-order valence-electron chi connectivity index (χ0n) is 6.63. The SMILES string of the molecule is NCC1C(F)C(F)=C(N)[C@@H]2C[C@H]12. The van der Waals surface area contributed by atoms with E-state index in [-0.39, 0.29) is 30.0 Å². The van der Waals surface area contributed by atoms with Crippen LogP contribution in [0.2, 0.25) is 0 Å². The van der Waals surface area contributed by atoms with E-state index in [0.717, 1.165) is 6.42 Å². The van der Waals surface area contributed by atoms with Gasteiger partial charge in [-0.2, -0.15) is 0 Å². The second-order valence-electron chi connectivity index (χ2n) is 3.61. The van der Waals surface area contributed by atoms with E-state index in [1.807, 2.05) is 0 Å². The van der Waals surface area contributed by atoms with Crippen molar-refractivity contribution in [1.29, 1.82) is 0 Å². The Morgan fingerprint density at radius 3 is 2.75 bits per heavy atom. The first-order valence-electron chi connectivity index (χ1n) is 4.16. The summed E-state index contributed by atoms with van der Waals surface area (Å²) in [6.45, 7) is 0.211. The van der Waals surface area contributed by atoms with Crippen LogP contribution in [0.5, 0.6) is 0 Å². The van der Waals surface area contributed by atoms with Crippen LogP contribution in [0, 0.1) is 17.8 Å². The Kier molecular flexibility index (Phi) is 1.61. The van der Waals surface area contributed by atoms with Crippen molar-refractivity contribution < 1.29 is 8.78 Å². The molecule has 4 N–H and O–H groups in total. The van der Waals surface area contributed by atoms with Gasteiger partial charge in [0.2, 0.25) is 0 Å². The van der Waals surface area contributed by atoms with Crippen LogP contribution in [-0.2, 0) is 0 Å². The van der Waals surface area contributed by atoms with Gasteiger partial charge in [-0.05, 0) is 18.9 Å². The van der Waals surface area contributed by atoms with E-state index in [2.05, 4.69) is 0 Å². The Labute approximate surface area is 69.6 Å². The first-order valence-corrected chi connectivity index (χ1v) is 4.16. The van der Waals surface area contributed by atoms with E-state index in [9.17, 15) is 8.78 Å². The highest BCUT2D eigenvalue weighted by atomic mass is 19.2. The molecule has 2 nitrogen and oxygen atoms in total. The summed E-state index contributed by atoms with van der Waals surface area (Å²) in [5.74, 6) is -0.846. The van der Waals surface area contributed by atoms with E-state index < -0.39 is 12.0 Å². The number of fused-ring (bicyclic) bond motifs is 1. The van der Waals surface area contributed by atoms with Gasteiger partial charge in [-0.15, -0.1) is 0 Å². The molecule has 0 radical (unpaired) electrons. The lowest BCUT2D eigenvalue weighted by molar-refractivity contribution is 0.195. The number of allylic oxidation sites excluding steroid dienone is 2. The first kappa shape index (κ1) is 7.98. The van der Waals surface area contributed by atoms with Gasteiger partial charge in [0.05, 0.1) is 0 Å². The molecule has 68 valence electrons. The summed E-state index contributed by atoms with van der Waals surface area (Å²) in [4.78, 5) is 0. The maximum absolute atomic E-state index is 13.2. The Hall–Kier alpha value is -0.640. The van der Waals surface area contributed by atoms with Crippen molar-refractivity contribution in [2.45, 2.75) is 12.6 Å². The van der Waals surface area contributed by atoms with Crippen LogP contribution in [0.25, 0.3) is 0 Å². The van der Waals surface area contributed by atoms with Gasteiger partial charge in [-0.1, -0.05) is 0 Å². The summed E-state index contributed by atoms with van der Waals surface area (Å²) in [5, 5.41) is 0. The van der Waals surface area contributed by atoms with Gasteiger partial charge in [0, 0.05) is 17.5 Å². The molecule has 12 heavy (non-hydrogen) atoms. The van der Waals surface area contributed by atoms with Crippen molar-refractivity contribution >= 4 is 0 Å². The van der Waals surface area contributed by atoms with Crippen LogP contribution in [0.3, 0.4) is 0 Å². The smallest absolute Gasteiger partial charge is 0.157 e. The largest absolute Gasteiger partial charge is 0.400 e. The molecule has 0 saturated heterocycles. The van der Waals surface area contributed by atoms with Gasteiger partial charge in [0.1, 0.15) is 0 Å². The average Bonchev–Trinajstić information content (AvgIpc) is 2.81. The molecule has 4 heteroatoms. The Bertz CT molecular complexity index is 239. The third-order valence-electron chi connectivity index (χ3n) is 2.96. The predicted octanol–water partition coefficient (Wildman–Crippen LogP) is 0.689. The zero-order chi connectivity index (χ0) is 8.88. The molecule has 0 aliphatic heterocycles. The standard InChI is InChI=1S/C8H12F2N2/c9-6-5(2-11)3-1-4(3)8(12)7(6)10/h3-6H,1-2,11-12H2/t3-,4+,5?,6?/m0/s1. The Morgan fingerprint density at radius 2 is 2.17 bits per heavy atom. The van der Waals surface area contributed by atoms with Gasteiger partial charge in [0.25, 0.3) is 0 Å². The lowest BCUT2D eigenvalue weighted by atomic mass is 9.90. The number of nitrogens with two attached hydrogens (primary N) is 2. The molecule has 0 heterocycles. The van der Waals surface area contributed by atoms with E-state index in [1.165, 1.54) is 0 Å². The molecule has 0 aromatic heterocycles. The van der Waals surface area contributed by atoms with Crippen molar-refractivity contribution in [2.75, 3.05) is 6.54 Å². The second kappa shape index (κ2) is 2.42. The van der Waals surface area contributed by atoms with Crippen molar-refractivity contribution in [2.24, 2.45) is 29.2 Å². The van der Waals surface area contributed by atoms with Crippen LogP contribution in [-0.4, -0.2) is 12.7 Å².